The van der Waals surface area contributed by atoms with Crippen LogP contribution < -0.4 is 10.6 Å². The second-order valence-corrected chi connectivity index (χ2v) is 7.80. The quantitative estimate of drug-likeness (QED) is 0.669. The molecule has 2 aromatic carbocycles. The van der Waals surface area contributed by atoms with Crippen molar-refractivity contribution >= 4 is 18.3 Å². The summed E-state index contributed by atoms with van der Waals surface area (Å²) in [6, 6.07) is 21.2. The van der Waals surface area contributed by atoms with Crippen LogP contribution in [0.5, 0.6) is 0 Å². The highest BCUT2D eigenvalue weighted by atomic mass is 35.5. The molecular formula is C24H33ClN2O. The Kier molecular flexibility index (Phi) is 9.52. The summed E-state index contributed by atoms with van der Waals surface area (Å²) in [5.74, 6) is 1.57. The highest BCUT2D eigenvalue weighted by molar-refractivity contribution is 5.85. The third-order valence-corrected chi connectivity index (χ3v) is 5.81. The normalized spacial score (nSPS) is 17.6. The SMILES string of the molecule is CC(CC(=O)NCCC(c1ccccc1)c1ccccc1)C1CCCNC1.Cl. The first kappa shape index (κ1) is 22.4. The number of rotatable bonds is 8. The summed E-state index contributed by atoms with van der Waals surface area (Å²) in [6.07, 6.45) is 4.02. The zero-order valence-electron chi connectivity index (χ0n) is 16.8. The molecule has 2 unspecified atom stereocenters. The molecule has 2 atom stereocenters. The first-order valence-electron chi connectivity index (χ1n) is 10.3. The molecule has 0 aromatic heterocycles. The van der Waals surface area contributed by atoms with Gasteiger partial charge in [0.15, 0.2) is 0 Å². The van der Waals surface area contributed by atoms with Crippen molar-refractivity contribution in [2.45, 2.75) is 38.5 Å². The van der Waals surface area contributed by atoms with Gasteiger partial charge in [0, 0.05) is 18.9 Å². The van der Waals surface area contributed by atoms with Gasteiger partial charge in [0.1, 0.15) is 0 Å². The molecule has 1 aliphatic rings. The molecule has 3 nitrogen and oxygen atoms in total. The highest BCUT2D eigenvalue weighted by Gasteiger charge is 2.22. The summed E-state index contributed by atoms with van der Waals surface area (Å²) in [5.41, 5.74) is 2.61. The molecule has 4 heteroatoms. The lowest BCUT2D eigenvalue weighted by Crippen LogP contribution is -2.35. The Bertz CT molecular complexity index is 647. The van der Waals surface area contributed by atoms with Gasteiger partial charge in [-0.05, 0) is 55.3 Å². The minimum atomic E-state index is 0. The number of hydrogen-bond acceptors (Lipinski definition) is 2. The van der Waals surface area contributed by atoms with E-state index in [1.807, 2.05) is 0 Å². The summed E-state index contributed by atoms with van der Waals surface area (Å²) in [6.45, 7) is 5.10. The number of benzene rings is 2. The van der Waals surface area contributed by atoms with E-state index in [1.165, 1.54) is 24.0 Å². The number of halogens is 1. The van der Waals surface area contributed by atoms with Crippen molar-refractivity contribution in [2.75, 3.05) is 19.6 Å². The van der Waals surface area contributed by atoms with Crippen LogP contribution >= 0.6 is 12.4 Å². The van der Waals surface area contributed by atoms with E-state index in [2.05, 4.69) is 78.2 Å². The van der Waals surface area contributed by atoms with E-state index in [0.29, 0.717) is 30.7 Å². The van der Waals surface area contributed by atoms with Crippen molar-refractivity contribution < 1.29 is 4.79 Å². The molecule has 1 fully saturated rings. The van der Waals surface area contributed by atoms with Crippen LogP contribution in [0.15, 0.2) is 60.7 Å². The topological polar surface area (TPSA) is 41.1 Å². The number of hydrogen-bond donors (Lipinski definition) is 2. The number of carbonyl (C=O) groups excluding carboxylic acids is 1. The average Bonchev–Trinajstić information content (AvgIpc) is 2.73. The fourth-order valence-electron chi connectivity index (χ4n) is 4.15. The predicted octanol–water partition coefficient (Wildman–Crippen LogP) is 4.77. The lowest BCUT2D eigenvalue weighted by molar-refractivity contribution is -0.122. The molecule has 0 radical (unpaired) electrons. The maximum atomic E-state index is 12.4. The molecule has 2 N–H and O–H groups in total. The fourth-order valence-corrected chi connectivity index (χ4v) is 4.15. The van der Waals surface area contributed by atoms with Gasteiger partial charge in [-0.25, -0.2) is 0 Å². The van der Waals surface area contributed by atoms with Gasteiger partial charge in [-0.2, -0.15) is 0 Å². The molecule has 1 aliphatic heterocycles. The molecule has 0 bridgehead atoms. The zero-order chi connectivity index (χ0) is 18.9. The molecule has 152 valence electrons. The number of piperidine rings is 1. The molecule has 2 aromatic rings. The molecule has 0 spiro atoms. The summed E-state index contributed by atoms with van der Waals surface area (Å²) >= 11 is 0. The van der Waals surface area contributed by atoms with Gasteiger partial charge >= 0.3 is 0 Å². The number of carbonyl (C=O) groups is 1. The minimum Gasteiger partial charge on any atom is -0.356 e. The summed E-state index contributed by atoms with van der Waals surface area (Å²) in [5, 5.41) is 6.62. The third kappa shape index (κ3) is 6.65. The molecular weight excluding hydrogens is 368 g/mol. The molecule has 0 saturated carbocycles. The number of amides is 1. The van der Waals surface area contributed by atoms with Crippen molar-refractivity contribution in [3.8, 4) is 0 Å². The maximum absolute atomic E-state index is 12.4. The molecule has 1 heterocycles. The highest BCUT2D eigenvalue weighted by Crippen LogP contribution is 2.27. The fraction of sp³-hybridized carbons (Fsp3) is 0.458. The van der Waals surface area contributed by atoms with Crippen LogP contribution in [-0.2, 0) is 4.79 Å². The molecule has 28 heavy (non-hydrogen) atoms. The van der Waals surface area contributed by atoms with Gasteiger partial charge in [0.05, 0.1) is 0 Å². The van der Waals surface area contributed by atoms with E-state index in [0.717, 1.165) is 19.5 Å². The smallest absolute Gasteiger partial charge is 0.220 e. The average molecular weight is 401 g/mol. The van der Waals surface area contributed by atoms with Crippen molar-refractivity contribution in [3.63, 3.8) is 0 Å². The Morgan fingerprint density at radius 1 is 1.07 bits per heavy atom. The van der Waals surface area contributed by atoms with E-state index in [9.17, 15) is 4.79 Å². The van der Waals surface area contributed by atoms with E-state index >= 15 is 0 Å². The Balaban J connectivity index is 0.00000280. The molecule has 1 saturated heterocycles. The van der Waals surface area contributed by atoms with Crippen LogP contribution in [-0.4, -0.2) is 25.5 Å². The maximum Gasteiger partial charge on any atom is 0.220 e. The summed E-state index contributed by atoms with van der Waals surface area (Å²) in [7, 11) is 0. The molecule has 3 rings (SSSR count). The van der Waals surface area contributed by atoms with Crippen LogP contribution in [0.4, 0.5) is 0 Å². The monoisotopic (exact) mass is 400 g/mol. The van der Waals surface area contributed by atoms with Gasteiger partial charge in [0.2, 0.25) is 5.91 Å². The lowest BCUT2D eigenvalue weighted by Gasteiger charge is -2.28. The van der Waals surface area contributed by atoms with E-state index in [4.69, 9.17) is 0 Å². The molecule has 1 amide bonds. The van der Waals surface area contributed by atoms with Crippen molar-refractivity contribution in [2.24, 2.45) is 11.8 Å². The Morgan fingerprint density at radius 2 is 1.68 bits per heavy atom. The van der Waals surface area contributed by atoms with Crippen molar-refractivity contribution in [1.82, 2.24) is 10.6 Å². The second-order valence-electron chi connectivity index (χ2n) is 7.80. The Labute approximate surface area is 175 Å². The van der Waals surface area contributed by atoms with Crippen LogP contribution in [0.1, 0.15) is 49.7 Å². The van der Waals surface area contributed by atoms with Gasteiger partial charge in [-0.1, -0.05) is 67.6 Å². The predicted molar refractivity (Wildman–Crippen MR) is 119 cm³/mol. The Hall–Kier alpha value is -1.84. The largest absolute Gasteiger partial charge is 0.356 e. The summed E-state index contributed by atoms with van der Waals surface area (Å²) in [4.78, 5) is 12.4. The van der Waals surface area contributed by atoms with E-state index < -0.39 is 0 Å². The van der Waals surface area contributed by atoms with Crippen molar-refractivity contribution in [1.29, 1.82) is 0 Å². The van der Waals surface area contributed by atoms with Crippen LogP contribution in [0.25, 0.3) is 0 Å². The first-order valence-corrected chi connectivity index (χ1v) is 10.3. The third-order valence-electron chi connectivity index (χ3n) is 5.81. The second kappa shape index (κ2) is 11.9. The van der Waals surface area contributed by atoms with Gasteiger partial charge in [-0.15, -0.1) is 12.4 Å². The minimum absolute atomic E-state index is 0. The van der Waals surface area contributed by atoms with E-state index in [-0.39, 0.29) is 18.3 Å². The van der Waals surface area contributed by atoms with Crippen LogP contribution in [0.3, 0.4) is 0 Å². The van der Waals surface area contributed by atoms with Crippen LogP contribution in [0, 0.1) is 11.8 Å². The first-order chi connectivity index (χ1) is 13.2. The van der Waals surface area contributed by atoms with E-state index in [1.54, 1.807) is 0 Å². The van der Waals surface area contributed by atoms with Crippen molar-refractivity contribution in [3.05, 3.63) is 71.8 Å². The molecule has 0 aliphatic carbocycles. The Morgan fingerprint density at radius 3 is 2.21 bits per heavy atom. The lowest BCUT2D eigenvalue weighted by atomic mass is 9.85. The summed E-state index contributed by atoms with van der Waals surface area (Å²) < 4.78 is 0. The number of nitrogens with one attached hydrogen (secondary N) is 2. The zero-order valence-corrected chi connectivity index (χ0v) is 17.6. The van der Waals surface area contributed by atoms with Gasteiger partial charge in [-0.3, -0.25) is 4.79 Å². The van der Waals surface area contributed by atoms with Crippen LogP contribution in [0.2, 0.25) is 0 Å². The van der Waals surface area contributed by atoms with Gasteiger partial charge in [0.25, 0.3) is 0 Å². The van der Waals surface area contributed by atoms with Gasteiger partial charge < -0.3 is 10.6 Å². The standard InChI is InChI=1S/C24H32N2O.ClH/c1-19(22-13-8-15-25-18-22)17-24(27)26-16-14-23(20-9-4-2-5-10-20)21-11-6-3-7-12-21;/h2-7,9-12,19,22-23,25H,8,13-18H2,1H3,(H,26,27);1H.